The Hall–Kier alpha value is -1.39. The van der Waals surface area contributed by atoms with Gasteiger partial charge in [0.25, 0.3) is 0 Å². The summed E-state index contributed by atoms with van der Waals surface area (Å²) >= 11 is 1.64. The summed E-state index contributed by atoms with van der Waals surface area (Å²) in [5.41, 5.74) is 7.90. The molecule has 0 spiro atoms. The van der Waals surface area contributed by atoms with Crippen LogP contribution >= 0.6 is 11.3 Å². The number of phenols is 1. The van der Waals surface area contributed by atoms with Gasteiger partial charge < -0.3 is 10.8 Å². The number of rotatable bonds is 3. The maximum absolute atomic E-state index is 9.48. The molecule has 0 bridgehead atoms. The van der Waals surface area contributed by atoms with Gasteiger partial charge in [0.15, 0.2) is 0 Å². The quantitative estimate of drug-likeness (QED) is 0.875. The molecule has 1 aliphatic rings. The maximum Gasteiger partial charge on any atom is 0.124 e. The smallest absolute Gasteiger partial charge is 0.124 e. The average molecular weight is 246 g/mol. The molecule has 88 valence electrons. The van der Waals surface area contributed by atoms with Crippen LogP contribution in [0.3, 0.4) is 0 Å². The number of aromatic hydroxyl groups is 1. The second-order valence-electron chi connectivity index (χ2n) is 4.36. The Morgan fingerprint density at radius 1 is 1.41 bits per heavy atom. The zero-order valence-corrected chi connectivity index (χ0v) is 10.2. The van der Waals surface area contributed by atoms with E-state index < -0.39 is 0 Å². The standard InChI is InChI=1S/C13H14N2OS/c14-7-11-12(8-4-5-8)15-13(17-11)9-2-1-3-10(16)6-9/h1-3,6,8,16H,4-5,7,14H2. The zero-order chi connectivity index (χ0) is 11.8. The van der Waals surface area contributed by atoms with Crippen LogP contribution in [0.25, 0.3) is 10.6 Å². The second-order valence-corrected chi connectivity index (χ2v) is 5.44. The molecule has 1 aliphatic carbocycles. The first kappa shape index (κ1) is 10.7. The molecule has 2 aromatic rings. The number of aromatic nitrogens is 1. The van der Waals surface area contributed by atoms with E-state index in [-0.39, 0.29) is 5.75 Å². The van der Waals surface area contributed by atoms with E-state index in [1.807, 2.05) is 12.1 Å². The van der Waals surface area contributed by atoms with Crippen LogP contribution < -0.4 is 5.73 Å². The number of nitrogens with two attached hydrogens (primary N) is 1. The predicted molar refractivity (Wildman–Crippen MR) is 69.1 cm³/mol. The van der Waals surface area contributed by atoms with Crippen LogP contribution in [0.4, 0.5) is 0 Å². The molecule has 4 heteroatoms. The van der Waals surface area contributed by atoms with Crippen molar-refractivity contribution >= 4 is 11.3 Å². The van der Waals surface area contributed by atoms with Crippen molar-refractivity contribution in [3.63, 3.8) is 0 Å². The number of hydrogen-bond donors (Lipinski definition) is 2. The number of nitrogens with zero attached hydrogens (tertiary/aromatic N) is 1. The topological polar surface area (TPSA) is 59.1 Å². The molecular formula is C13H14N2OS. The van der Waals surface area contributed by atoms with E-state index >= 15 is 0 Å². The summed E-state index contributed by atoms with van der Waals surface area (Å²) < 4.78 is 0. The third-order valence-corrected chi connectivity index (χ3v) is 4.11. The van der Waals surface area contributed by atoms with Gasteiger partial charge in [0.1, 0.15) is 10.8 Å². The van der Waals surface area contributed by atoms with Crippen LogP contribution in [-0.4, -0.2) is 10.1 Å². The summed E-state index contributed by atoms with van der Waals surface area (Å²) in [6.45, 7) is 0.558. The maximum atomic E-state index is 9.48. The van der Waals surface area contributed by atoms with E-state index in [4.69, 9.17) is 5.73 Å². The molecule has 17 heavy (non-hydrogen) atoms. The molecule has 0 radical (unpaired) electrons. The first-order chi connectivity index (χ1) is 8.28. The third kappa shape index (κ3) is 2.06. The Morgan fingerprint density at radius 2 is 2.24 bits per heavy atom. The van der Waals surface area contributed by atoms with Gasteiger partial charge in [-0.05, 0) is 25.0 Å². The molecule has 0 unspecified atom stereocenters. The fraction of sp³-hybridized carbons (Fsp3) is 0.308. The lowest BCUT2D eigenvalue weighted by Gasteiger charge is -1.96. The Kier molecular flexibility index (Phi) is 2.61. The molecular weight excluding hydrogens is 232 g/mol. The fourth-order valence-electron chi connectivity index (χ4n) is 1.95. The van der Waals surface area contributed by atoms with E-state index in [9.17, 15) is 5.11 Å². The van der Waals surface area contributed by atoms with E-state index in [1.54, 1.807) is 23.5 Å². The molecule has 3 rings (SSSR count). The Balaban J connectivity index is 2.03. The summed E-state index contributed by atoms with van der Waals surface area (Å²) in [5.74, 6) is 0.899. The van der Waals surface area contributed by atoms with Crippen LogP contribution in [0.5, 0.6) is 5.75 Å². The van der Waals surface area contributed by atoms with Crippen LogP contribution in [0.1, 0.15) is 29.3 Å². The van der Waals surface area contributed by atoms with Gasteiger partial charge >= 0.3 is 0 Å². The lowest BCUT2D eigenvalue weighted by molar-refractivity contribution is 0.475. The Morgan fingerprint density at radius 3 is 2.88 bits per heavy atom. The van der Waals surface area contributed by atoms with Gasteiger partial charge in [0, 0.05) is 22.9 Å². The van der Waals surface area contributed by atoms with Crippen molar-refractivity contribution in [2.75, 3.05) is 0 Å². The minimum Gasteiger partial charge on any atom is -0.508 e. The highest BCUT2D eigenvalue weighted by Crippen LogP contribution is 2.44. The summed E-state index contributed by atoms with van der Waals surface area (Å²) in [6.07, 6.45) is 2.46. The van der Waals surface area contributed by atoms with Crippen LogP contribution in [0.2, 0.25) is 0 Å². The zero-order valence-electron chi connectivity index (χ0n) is 9.39. The molecule has 0 atom stereocenters. The van der Waals surface area contributed by atoms with Gasteiger partial charge in [0.05, 0.1) is 5.69 Å². The number of thiazole rings is 1. The van der Waals surface area contributed by atoms with E-state index in [0.717, 1.165) is 10.6 Å². The highest BCUT2D eigenvalue weighted by atomic mass is 32.1. The normalized spacial score (nSPS) is 15.1. The molecule has 1 fully saturated rings. The summed E-state index contributed by atoms with van der Waals surface area (Å²) in [4.78, 5) is 5.87. The lowest BCUT2D eigenvalue weighted by atomic mass is 10.2. The number of hydrogen-bond acceptors (Lipinski definition) is 4. The van der Waals surface area contributed by atoms with Gasteiger partial charge in [-0.1, -0.05) is 12.1 Å². The van der Waals surface area contributed by atoms with E-state index in [0.29, 0.717) is 12.5 Å². The molecule has 3 N–H and O–H groups in total. The first-order valence-electron chi connectivity index (χ1n) is 5.77. The second kappa shape index (κ2) is 4.13. The third-order valence-electron chi connectivity index (χ3n) is 2.97. The van der Waals surface area contributed by atoms with Crippen molar-refractivity contribution in [1.29, 1.82) is 0 Å². The minimum absolute atomic E-state index is 0.278. The van der Waals surface area contributed by atoms with Crippen molar-refractivity contribution in [3.8, 4) is 16.3 Å². The fourth-order valence-corrected chi connectivity index (χ4v) is 2.97. The molecule has 1 saturated carbocycles. The number of benzene rings is 1. The van der Waals surface area contributed by atoms with Crippen molar-refractivity contribution in [1.82, 2.24) is 4.98 Å². The van der Waals surface area contributed by atoms with Crippen molar-refractivity contribution in [3.05, 3.63) is 34.8 Å². The molecule has 1 aromatic heterocycles. The lowest BCUT2D eigenvalue weighted by Crippen LogP contribution is -1.96. The van der Waals surface area contributed by atoms with Crippen LogP contribution in [0.15, 0.2) is 24.3 Å². The van der Waals surface area contributed by atoms with E-state index in [2.05, 4.69) is 4.98 Å². The van der Waals surface area contributed by atoms with Crippen molar-refractivity contribution in [2.45, 2.75) is 25.3 Å². The Bertz CT molecular complexity index is 546. The average Bonchev–Trinajstić information content (AvgIpc) is 3.08. The molecule has 1 heterocycles. The molecule has 0 saturated heterocycles. The van der Waals surface area contributed by atoms with Gasteiger partial charge in [0.2, 0.25) is 0 Å². The highest BCUT2D eigenvalue weighted by Gasteiger charge is 2.29. The SMILES string of the molecule is NCc1sc(-c2cccc(O)c2)nc1C1CC1. The van der Waals surface area contributed by atoms with Crippen molar-refractivity contribution in [2.24, 2.45) is 5.73 Å². The first-order valence-corrected chi connectivity index (χ1v) is 6.58. The van der Waals surface area contributed by atoms with Crippen LogP contribution in [-0.2, 0) is 6.54 Å². The molecule has 1 aromatic carbocycles. The minimum atomic E-state index is 0.278. The van der Waals surface area contributed by atoms with Gasteiger partial charge in [-0.2, -0.15) is 0 Å². The van der Waals surface area contributed by atoms with Gasteiger partial charge in [-0.25, -0.2) is 4.98 Å². The van der Waals surface area contributed by atoms with Crippen molar-refractivity contribution < 1.29 is 5.11 Å². The number of phenolic OH excluding ortho intramolecular Hbond substituents is 1. The van der Waals surface area contributed by atoms with Gasteiger partial charge in [-0.3, -0.25) is 0 Å². The van der Waals surface area contributed by atoms with Gasteiger partial charge in [-0.15, -0.1) is 11.3 Å². The summed E-state index contributed by atoms with van der Waals surface area (Å²) in [7, 11) is 0. The summed E-state index contributed by atoms with van der Waals surface area (Å²) in [6, 6.07) is 7.22. The molecule has 0 amide bonds. The monoisotopic (exact) mass is 246 g/mol. The predicted octanol–water partition coefficient (Wildman–Crippen LogP) is 2.85. The largest absolute Gasteiger partial charge is 0.508 e. The van der Waals surface area contributed by atoms with E-state index in [1.165, 1.54) is 23.4 Å². The highest BCUT2D eigenvalue weighted by molar-refractivity contribution is 7.15. The van der Waals surface area contributed by atoms with Crippen LogP contribution in [0, 0.1) is 0 Å². The molecule has 3 nitrogen and oxygen atoms in total. The summed E-state index contributed by atoms with van der Waals surface area (Å²) in [5, 5.41) is 10.4. The Labute approximate surface area is 104 Å². The molecule has 0 aliphatic heterocycles.